The van der Waals surface area contributed by atoms with Crippen molar-refractivity contribution in [1.29, 1.82) is 0 Å². The predicted molar refractivity (Wildman–Crippen MR) is 107 cm³/mol. The number of rotatable bonds is 5. The molecule has 0 aliphatic carbocycles. The first-order valence-electron chi connectivity index (χ1n) is 8.89. The Bertz CT molecular complexity index is 908. The summed E-state index contributed by atoms with van der Waals surface area (Å²) >= 11 is 6.11. The van der Waals surface area contributed by atoms with E-state index in [0.717, 1.165) is 38.7 Å². The van der Waals surface area contributed by atoms with E-state index >= 15 is 0 Å². The number of likely N-dealkylation sites (tertiary alicyclic amines) is 1. The van der Waals surface area contributed by atoms with Gasteiger partial charge in [0.2, 0.25) is 0 Å². The Hall–Kier alpha value is -1.89. The second-order valence-electron chi connectivity index (χ2n) is 6.92. The van der Waals surface area contributed by atoms with E-state index in [1.165, 1.54) is 23.8 Å². The van der Waals surface area contributed by atoms with Crippen LogP contribution in [0.3, 0.4) is 0 Å². The van der Waals surface area contributed by atoms with Crippen molar-refractivity contribution >= 4 is 27.3 Å². The number of nitrogens with zero attached hydrogens (tertiary/aromatic N) is 1. The van der Waals surface area contributed by atoms with Crippen molar-refractivity contribution in [2.45, 2.75) is 30.3 Å². The molecule has 5 nitrogen and oxygen atoms in total. The molecule has 7 heteroatoms. The number of benzene rings is 2. The van der Waals surface area contributed by atoms with Crippen LogP contribution in [0.1, 0.15) is 28.8 Å². The largest absolute Gasteiger partial charge is 0.349 e. The molecule has 1 fully saturated rings. The van der Waals surface area contributed by atoms with Gasteiger partial charge in [0.1, 0.15) is 0 Å². The van der Waals surface area contributed by atoms with E-state index in [0.29, 0.717) is 0 Å². The molecule has 2 aromatic carbocycles. The molecule has 0 spiro atoms. The maximum atomic E-state index is 12.6. The SMILES string of the molecule is CS(=O)(=O)c1ccc(Cl)c(C(=O)NC2CCN(Cc3ccccc3)CC2)c1. The zero-order chi connectivity index (χ0) is 19.4. The quantitative estimate of drug-likeness (QED) is 0.828. The first-order valence-corrected chi connectivity index (χ1v) is 11.2. The molecule has 1 amide bonds. The van der Waals surface area contributed by atoms with Crippen molar-refractivity contribution in [2.24, 2.45) is 0 Å². The van der Waals surface area contributed by atoms with Crippen LogP contribution in [0.4, 0.5) is 0 Å². The summed E-state index contributed by atoms with van der Waals surface area (Å²) in [4.78, 5) is 15.0. The van der Waals surface area contributed by atoms with Gasteiger partial charge in [-0.05, 0) is 36.6 Å². The fourth-order valence-electron chi connectivity index (χ4n) is 3.25. The van der Waals surface area contributed by atoms with Gasteiger partial charge in [0, 0.05) is 31.9 Å². The highest BCUT2D eigenvalue weighted by molar-refractivity contribution is 7.90. The van der Waals surface area contributed by atoms with Crippen LogP contribution in [0.25, 0.3) is 0 Å². The number of piperidine rings is 1. The average Bonchev–Trinajstić information content (AvgIpc) is 2.63. The molecule has 0 bridgehead atoms. The summed E-state index contributed by atoms with van der Waals surface area (Å²) in [6.45, 7) is 2.71. The van der Waals surface area contributed by atoms with E-state index in [4.69, 9.17) is 11.6 Å². The normalized spacial score (nSPS) is 16.2. The molecule has 0 aromatic heterocycles. The van der Waals surface area contributed by atoms with Gasteiger partial charge in [0.05, 0.1) is 15.5 Å². The number of amides is 1. The third-order valence-corrected chi connectivity index (χ3v) is 6.22. The van der Waals surface area contributed by atoms with Crippen molar-refractivity contribution in [3.63, 3.8) is 0 Å². The van der Waals surface area contributed by atoms with E-state index in [1.54, 1.807) is 0 Å². The van der Waals surface area contributed by atoms with Crippen LogP contribution in [0, 0.1) is 0 Å². The van der Waals surface area contributed by atoms with Crippen LogP contribution in [-0.4, -0.2) is 44.6 Å². The summed E-state index contributed by atoms with van der Waals surface area (Å²) in [6, 6.07) is 14.6. The van der Waals surface area contributed by atoms with E-state index in [-0.39, 0.29) is 27.4 Å². The van der Waals surface area contributed by atoms with Gasteiger partial charge in [0.15, 0.2) is 9.84 Å². The van der Waals surface area contributed by atoms with Gasteiger partial charge < -0.3 is 5.32 Å². The fraction of sp³-hybridized carbons (Fsp3) is 0.350. The molecule has 1 N–H and O–H groups in total. The number of carbonyl (C=O) groups is 1. The number of halogens is 1. The summed E-state index contributed by atoms with van der Waals surface area (Å²) in [5.74, 6) is -0.327. The maximum Gasteiger partial charge on any atom is 0.253 e. The molecular weight excluding hydrogens is 384 g/mol. The van der Waals surface area contributed by atoms with E-state index in [9.17, 15) is 13.2 Å². The maximum absolute atomic E-state index is 12.6. The molecule has 1 aliphatic rings. The minimum atomic E-state index is -3.39. The lowest BCUT2D eigenvalue weighted by atomic mass is 10.0. The van der Waals surface area contributed by atoms with E-state index in [1.807, 2.05) is 18.2 Å². The first kappa shape index (κ1) is 19.9. The summed E-state index contributed by atoms with van der Waals surface area (Å²) in [6.07, 6.45) is 2.81. The van der Waals surface area contributed by atoms with Gasteiger partial charge >= 0.3 is 0 Å². The molecule has 1 heterocycles. The minimum Gasteiger partial charge on any atom is -0.349 e. The smallest absolute Gasteiger partial charge is 0.253 e. The lowest BCUT2D eigenvalue weighted by Gasteiger charge is -2.32. The van der Waals surface area contributed by atoms with Crippen LogP contribution in [-0.2, 0) is 16.4 Å². The molecule has 144 valence electrons. The highest BCUT2D eigenvalue weighted by Crippen LogP contribution is 2.21. The van der Waals surface area contributed by atoms with Crippen LogP contribution < -0.4 is 5.32 Å². The van der Waals surface area contributed by atoms with Crippen molar-refractivity contribution in [2.75, 3.05) is 19.3 Å². The van der Waals surface area contributed by atoms with Gasteiger partial charge in [-0.25, -0.2) is 8.42 Å². The van der Waals surface area contributed by atoms with Gasteiger partial charge in [-0.3, -0.25) is 9.69 Å². The highest BCUT2D eigenvalue weighted by atomic mass is 35.5. The second kappa shape index (κ2) is 8.42. The number of nitrogens with one attached hydrogen (secondary N) is 1. The summed E-state index contributed by atoms with van der Waals surface area (Å²) in [5, 5.41) is 3.25. The average molecular weight is 407 g/mol. The van der Waals surface area contributed by atoms with Gasteiger partial charge in [-0.2, -0.15) is 0 Å². The van der Waals surface area contributed by atoms with Gasteiger partial charge in [0.25, 0.3) is 5.91 Å². The zero-order valence-corrected chi connectivity index (χ0v) is 16.8. The second-order valence-corrected chi connectivity index (χ2v) is 9.35. The van der Waals surface area contributed by atoms with E-state index < -0.39 is 9.84 Å². The minimum absolute atomic E-state index is 0.0579. The Morgan fingerprint density at radius 2 is 1.81 bits per heavy atom. The topological polar surface area (TPSA) is 66.5 Å². The molecular formula is C20H23ClN2O3S. The number of hydrogen-bond acceptors (Lipinski definition) is 4. The predicted octanol–water partition coefficient (Wildman–Crippen LogP) is 3.14. The van der Waals surface area contributed by atoms with Gasteiger partial charge in [-0.15, -0.1) is 0 Å². The number of carbonyl (C=O) groups excluding carboxylic acids is 1. The monoisotopic (exact) mass is 406 g/mol. The third kappa shape index (κ3) is 5.31. The number of hydrogen-bond donors (Lipinski definition) is 1. The molecule has 0 saturated carbocycles. The van der Waals surface area contributed by atoms with Gasteiger partial charge in [-0.1, -0.05) is 41.9 Å². The van der Waals surface area contributed by atoms with Crippen LogP contribution in [0.5, 0.6) is 0 Å². The molecule has 0 radical (unpaired) electrons. The van der Waals surface area contributed by atoms with Crippen LogP contribution in [0.15, 0.2) is 53.4 Å². The highest BCUT2D eigenvalue weighted by Gasteiger charge is 2.23. The summed E-state index contributed by atoms with van der Waals surface area (Å²) < 4.78 is 23.4. The van der Waals surface area contributed by atoms with Crippen LogP contribution >= 0.6 is 11.6 Å². The molecule has 27 heavy (non-hydrogen) atoms. The Balaban J connectivity index is 1.58. The summed E-state index contributed by atoms with van der Waals surface area (Å²) in [5.41, 5.74) is 1.48. The van der Waals surface area contributed by atoms with Crippen molar-refractivity contribution < 1.29 is 13.2 Å². The van der Waals surface area contributed by atoms with Crippen molar-refractivity contribution in [1.82, 2.24) is 10.2 Å². The Morgan fingerprint density at radius 1 is 1.15 bits per heavy atom. The van der Waals surface area contributed by atoms with Crippen molar-refractivity contribution in [3.05, 3.63) is 64.7 Å². The standard InChI is InChI=1S/C20H23ClN2O3S/c1-27(25,26)17-7-8-19(21)18(13-17)20(24)22-16-9-11-23(12-10-16)14-15-5-3-2-4-6-15/h2-8,13,16H,9-12,14H2,1H3,(H,22,24). The molecule has 3 rings (SSSR count). The fourth-order valence-corrected chi connectivity index (χ4v) is 4.10. The molecule has 0 atom stereocenters. The Morgan fingerprint density at radius 3 is 2.44 bits per heavy atom. The molecule has 1 saturated heterocycles. The zero-order valence-electron chi connectivity index (χ0n) is 15.2. The first-order chi connectivity index (χ1) is 12.8. The molecule has 2 aromatic rings. The lowest BCUT2D eigenvalue weighted by molar-refractivity contribution is 0.0909. The van der Waals surface area contributed by atoms with E-state index in [2.05, 4.69) is 22.3 Å². The number of sulfone groups is 1. The van der Waals surface area contributed by atoms with Crippen molar-refractivity contribution in [3.8, 4) is 0 Å². The lowest BCUT2D eigenvalue weighted by Crippen LogP contribution is -2.44. The third-order valence-electron chi connectivity index (χ3n) is 4.78. The van der Waals surface area contributed by atoms with Crippen LogP contribution in [0.2, 0.25) is 5.02 Å². The Labute approximate surface area is 165 Å². The molecule has 1 aliphatic heterocycles. The Kier molecular flexibility index (Phi) is 6.19. The summed E-state index contributed by atoms with van der Waals surface area (Å²) in [7, 11) is -3.39. The molecule has 0 unspecified atom stereocenters.